The minimum Gasteiger partial charge on any atom is -0.396 e. The molecule has 0 aliphatic carbocycles. The molecule has 1 rings (SSSR count). The third kappa shape index (κ3) is 4.02. The predicted octanol–water partition coefficient (Wildman–Crippen LogP) is 0.0724. The molecule has 1 N–H and O–H groups in total. The Kier molecular flexibility index (Phi) is 5.67. The zero-order valence-corrected chi connectivity index (χ0v) is 11.5. The topological polar surface area (TPSA) is 73.7 Å². The van der Waals surface area contributed by atoms with Crippen molar-refractivity contribution in [3.8, 4) is 0 Å². The van der Waals surface area contributed by atoms with Gasteiger partial charge in [-0.2, -0.15) is 17.0 Å². The minimum atomic E-state index is -3.49. The van der Waals surface area contributed by atoms with Crippen LogP contribution in [0.3, 0.4) is 0 Å². The highest BCUT2D eigenvalue weighted by atomic mass is 32.2. The largest absolute Gasteiger partial charge is 0.396 e. The molecule has 0 saturated carbocycles. The van der Waals surface area contributed by atoms with Gasteiger partial charge in [0.2, 0.25) is 0 Å². The Labute approximate surface area is 108 Å². The lowest BCUT2D eigenvalue weighted by molar-refractivity contribution is 0.272. The van der Waals surface area contributed by atoms with Gasteiger partial charge in [-0.3, -0.25) is 4.98 Å². The van der Waals surface area contributed by atoms with Crippen molar-refractivity contribution < 1.29 is 13.5 Å². The zero-order valence-electron chi connectivity index (χ0n) is 10.7. The van der Waals surface area contributed by atoms with E-state index in [0.717, 1.165) is 0 Å². The molecule has 18 heavy (non-hydrogen) atoms. The van der Waals surface area contributed by atoms with Crippen molar-refractivity contribution in [3.05, 3.63) is 30.1 Å². The van der Waals surface area contributed by atoms with E-state index in [4.69, 9.17) is 5.11 Å². The van der Waals surface area contributed by atoms with Gasteiger partial charge in [0.15, 0.2) is 0 Å². The summed E-state index contributed by atoms with van der Waals surface area (Å²) < 4.78 is 26.6. The van der Waals surface area contributed by atoms with Crippen LogP contribution in [0.2, 0.25) is 0 Å². The van der Waals surface area contributed by atoms with E-state index in [9.17, 15) is 8.42 Å². The quantitative estimate of drug-likeness (QED) is 0.763. The fourth-order valence-corrected chi connectivity index (χ4v) is 2.58. The second kappa shape index (κ2) is 6.79. The maximum absolute atomic E-state index is 12.1. The summed E-state index contributed by atoms with van der Waals surface area (Å²) >= 11 is 0. The van der Waals surface area contributed by atoms with Gasteiger partial charge in [-0.15, -0.1) is 0 Å². The highest BCUT2D eigenvalue weighted by Crippen LogP contribution is 2.08. The van der Waals surface area contributed by atoms with Crippen LogP contribution in [-0.4, -0.2) is 54.4 Å². The van der Waals surface area contributed by atoms with E-state index in [2.05, 4.69) is 4.98 Å². The number of hydrogen-bond acceptors (Lipinski definition) is 4. The summed E-state index contributed by atoms with van der Waals surface area (Å²) in [5, 5.41) is 8.71. The molecule has 0 amide bonds. The molecule has 6 nitrogen and oxygen atoms in total. The van der Waals surface area contributed by atoms with Gasteiger partial charge in [0.25, 0.3) is 10.2 Å². The summed E-state index contributed by atoms with van der Waals surface area (Å²) in [7, 11) is -0.481. The molecule has 0 spiro atoms. The molecule has 0 radical (unpaired) electrons. The predicted molar refractivity (Wildman–Crippen MR) is 69.0 cm³/mol. The van der Waals surface area contributed by atoms with E-state index in [1.165, 1.54) is 22.7 Å². The van der Waals surface area contributed by atoms with Crippen LogP contribution in [0.15, 0.2) is 24.4 Å². The number of aliphatic hydroxyl groups is 1. The molecule has 0 fully saturated rings. The van der Waals surface area contributed by atoms with Crippen LogP contribution in [0, 0.1) is 0 Å². The summed E-state index contributed by atoms with van der Waals surface area (Å²) in [5.41, 5.74) is 0.694. The number of pyridine rings is 1. The van der Waals surface area contributed by atoms with Crippen molar-refractivity contribution in [2.75, 3.05) is 27.2 Å². The fraction of sp³-hybridized carbons (Fsp3) is 0.545. The van der Waals surface area contributed by atoms with E-state index < -0.39 is 10.2 Å². The van der Waals surface area contributed by atoms with Gasteiger partial charge in [-0.25, -0.2) is 0 Å². The molecule has 0 unspecified atom stereocenters. The second-order valence-electron chi connectivity index (χ2n) is 3.98. The zero-order chi connectivity index (χ0) is 13.6. The van der Waals surface area contributed by atoms with Crippen molar-refractivity contribution in [2.45, 2.75) is 13.0 Å². The molecule has 102 valence electrons. The maximum atomic E-state index is 12.1. The first-order valence-electron chi connectivity index (χ1n) is 5.67. The van der Waals surface area contributed by atoms with Gasteiger partial charge in [0.1, 0.15) is 0 Å². The van der Waals surface area contributed by atoms with E-state index in [1.54, 1.807) is 18.3 Å². The van der Waals surface area contributed by atoms with Crippen LogP contribution < -0.4 is 0 Å². The average molecular weight is 273 g/mol. The smallest absolute Gasteiger partial charge is 0.281 e. The van der Waals surface area contributed by atoms with Gasteiger partial charge >= 0.3 is 0 Å². The fourth-order valence-electron chi connectivity index (χ4n) is 1.45. The maximum Gasteiger partial charge on any atom is 0.281 e. The molecule has 7 heteroatoms. The standard InChI is InChI=1S/C11H19N3O3S/c1-13(8-5-9-15)18(16,17)14(2)10-11-6-3-4-7-12-11/h3-4,6-7,15H,5,8-10H2,1-2H3. The molecule has 0 atom stereocenters. The van der Waals surface area contributed by atoms with Gasteiger partial charge in [-0.1, -0.05) is 6.07 Å². The Morgan fingerprint density at radius 3 is 2.56 bits per heavy atom. The molecule has 1 aromatic heterocycles. The summed E-state index contributed by atoms with van der Waals surface area (Å²) in [5.74, 6) is 0. The Bertz CT molecular complexity index is 450. The Balaban J connectivity index is 2.67. The number of aromatic nitrogens is 1. The highest BCUT2D eigenvalue weighted by molar-refractivity contribution is 7.86. The molecule has 0 aliphatic rings. The number of rotatable bonds is 7. The van der Waals surface area contributed by atoms with Crippen molar-refractivity contribution in [3.63, 3.8) is 0 Å². The lowest BCUT2D eigenvalue weighted by Crippen LogP contribution is -2.40. The van der Waals surface area contributed by atoms with Crippen molar-refractivity contribution in [1.82, 2.24) is 13.6 Å². The van der Waals surface area contributed by atoms with E-state index >= 15 is 0 Å². The molecule has 0 bridgehead atoms. The van der Waals surface area contributed by atoms with Crippen LogP contribution in [-0.2, 0) is 16.8 Å². The third-order valence-corrected chi connectivity index (χ3v) is 4.42. The van der Waals surface area contributed by atoms with Crippen LogP contribution in [0.5, 0.6) is 0 Å². The molecular formula is C11H19N3O3S. The van der Waals surface area contributed by atoms with Gasteiger partial charge in [0, 0.05) is 33.4 Å². The average Bonchev–Trinajstić information content (AvgIpc) is 2.36. The van der Waals surface area contributed by atoms with E-state index in [-0.39, 0.29) is 13.2 Å². The van der Waals surface area contributed by atoms with E-state index in [1.807, 2.05) is 6.07 Å². The summed E-state index contributed by atoms with van der Waals surface area (Å²) in [4.78, 5) is 4.09. The van der Waals surface area contributed by atoms with Crippen molar-refractivity contribution in [2.24, 2.45) is 0 Å². The molecule has 0 saturated heterocycles. The number of aliphatic hydroxyl groups excluding tert-OH is 1. The molecule has 0 aliphatic heterocycles. The SMILES string of the molecule is CN(CCCO)S(=O)(=O)N(C)Cc1ccccn1. The van der Waals surface area contributed by atoms with Crippen LogP contribution in [0.25, 0.3) is 0 Å². The van der Waals surface area contributed by atoms with Crippen LogP contribution >= 0.6 is 0 Å². The first kappa shape index (κ1) is 15.0. The monoisotopic (exact) mass is 273 g/mol. The van der Waals surface area contributed by atoms with Crippen molar-refractivity contribution in [1.29, 1.82) is 0 Å². The molecular weight excluding hydrogens is 254 g/mol. The van der Waals surface area contributed by atoms with Crippen LogP contribution in [0.4, 0.5) is 0 Å². The third-order valence-electron chi connectivity index (χ3n) is 2.53. The molecule has 1 aromatic rings. The Morgan fingerprint density at radius 2 is 2.00 bits per heavy atom. The Hall–Kier alpha value is -1.02. The van der Waals surface area contributed by atoms with Crippen LogP contribution in [0.1, 0.15) is 12.1 Å². The normalized spacial score (nSPS) is 12.3. The first-order chi connectivity index (χ1) is 8.48. The summed E-state index contributed by atoms with van der Waals surface area (Å²) in [6.07, 6.45) is 2.05. The highest BCUT2D eigenvalue weighted by Gasteiger charge is 2.23. The van der Waals surface area contributed by atoms with Gasteiger partial charge in [-0.05, 0) is 18.6 Å². The number of nitrogens with zero attached hydrogens (tertiary/aromatic N) is 3. The lowest BCUT2D eigenvalue weighted by atomic mass is 10.3. The summed E-state index contributed by atoms with van der Waals surface area (Å²) in [6.45, 7) is 0.502. The van der Waals surface area contributed by atoms with Crippen molar-refractivity contribution >= 4 is 10.2 Å². The molecule has 1 heterocycles. The first-order valence-corrected chi connectivity index (χ1v) is 7.06. The minimum absolute atomic E-state index is 0.0240. The molecule has 0 aromatic carbocycles. The van der Waals surface area contributed by atoms with E-state index in [0.29, 0.717) is 18.7 Å². The lowest BCUT2D eigenvalue weighted by Gasteiger charge is -2.23. The number of hydrogen-bond donors (Lipinski definition) is 1. The van der Waals surface area contributed by atoms with Gasteiger partial charge < -0.3 is 5.11 Å². The second-order valence-corrected chi connectivity index (χ2v) is 6.13. The Morgan fingerprint density at radius 1 is 1.28 bits per heavy atom. The van der Waals surface area contributed by atoms with Gasteiger partial charge in [0.05, 0.1) is 12.2 Å². The summed E-state index contributed by atoms with van der Waals surface area (Å²) in [6, 6.07) is 5.38.